The molecule has 0 unspecified atom stereocenters. The standard InChI is InChI=1S/C27H29N3O3S/c1-7-18(15(4)25(31)28-6)23-19-13-17-11-10-12-30(9-3)20(17)14-21(19)33-27(32)24(23)26-29-16(5)22(8-2)34-26/h7-8,13-14H,2,4,9-12H2,1,3,5-6H3,(H,28,31)/b18-7+. The van der Waals surface area contributed by atoms with Crippen LogP contribution in [0.2, 0.25) is 0 Å². The Bertz CT molecular complexity index is 1410. The largest absolute Gasteiger partial charge is 0.422 e. The molecule has 3 aromatic rings. The third-order valence-corrected chi connectivity index (χ3v) is 7.49. The Morgan fingerprint density at radius 3 is 2.76 bits per heavy atom. The number of carbonyl (C=O) groups is 1. The molecule has 1 aliphatic heterocycles. The lowest BCUT2D eigenvalue weighted by Gasteiger charge is -2.30. The smallest absolute Gasteiger partial charge is 0.347 e. The van der Waals surface area contributed by atoms with Crippen LogP contribution in [-0.4, -0.2) is 31.0 Å². The first-order chi connectivity index (χ1) is 16.3. The molecule has 0 fully saturated rings. The minimum atomic E-state index is -0.491. The summed E-state index contributed by atoms with van der Waals surface area (Å²) in [6, 6.07) is 4.06. The maximum absolute atomic E-state index is 13.5. The fourth-order valence-electron chi connectivity index (χ4n) is 4.61. The first kappa shape index (κ1) is 23.7. The molecule has 7 heteroatoms. The minimum absolute atomic E-state index is 0.281. The number of benzene rings is 1. The van der Waals surface area contributed by atoms with E-state index < -0.39 is 5.63 Å². The Morgan fingerprint density at radius 1 is 1.38 bits per heavy atom. The molecule has 1 aliphatic rings. The second-order valence-electron chi connectivity index (χ2n) is 8.23. The molecule has 0 radical (unpaired) electrons. The van der Waals surface area contributed by atoms with Crippen LogP contribution in [-0.2, 0) is 11.2 Å². The highest BCUT2D eigenvalue weighted by Crippen LogP contribution is 2.41. The highest BCUT2D eigenvalue weighted by atomic mass is 32.1. The minimum Gasteiger partial charge on any atom is -0.422 e. The van der Waals surface area contributed by atoms with Crippen molar-refractivity contribution in [2.45, 2.75) is 33.6 Å². The Kier molecular flexibility index (Phi) is 6.57. The van der Waals surface area contributed by atoms with E-state index in [0.29, 0.717) is 27.3 Å². The molecule has 0 saturated heterocycles. The van der Waals surface area contributed by atoms with Crippen LogP contribution in [0, 0.1) is 6.92 Å². The Labute approximate surface area is 203 Å². The van der Waals surface area contributed by atoms with Crippen LogP contribution in [0.4, 0.5) is 5.69 Å². The molecule has 3 heterocycles. The number of carbonyl (C=O) groups excluding carboxylic acids is 1. The van der Waals surface area contributed by atoms with Gasteiger partial charge in [0, 0.05) is 53.3 Å². The zero-order valence-electron chi connectivity index (χ0n) is 20.1. The van der Waals surface area contributed by atoms with E-state index in [1.54, 1.807) is 13.1 Å². The van der Waals surface area contributed by atoms with Gasteiger partial charge in [-0.1, -0.05) is 25.3 Å². The lowest BCUT2D eigenvalue weighted by molar-refractivity contribution is -0.116. The van der Waals surface area contributed by atoms with Gasteiger partial charge < -0.3 is 14.6 Å². The predicted octanol–water partition coefficient (Wildman–Crippen LogP) is 5.35. The number of hydrogen-bond donors (Lipinski definition) is 1. The van der Waals surface area contributed by atoms with Gasteiger partial charge in [-0.2, -0.15) is 0 Å². The number of nitrogens with zero attached hydrogens (tertiary/aromatic N) is 2. The van der Waals surface area contributed by atoms with E-state index in [2.05, 4.69) is 41.3 Å². The van der Waals surface area contributed by atoms with E-state index in [9.17, 15) is 9.59 Å². The van der Waals surface area contributed by atoms with Crippen LogP contribution in [0.15, 0.2) is 46.2 Å². The summed E-state index contributed by atoms with van der Waals surface area (Å²) >= 11 is 1.38. The number of amides is 1. The number of aromatic nitrogens is 1. The lowest BCUT2D eigenvalue weighted by atomic mass is 9.89. The number of fused-ring (bicyclic) bond motifs is 2. The highest BCUT2D eigenvalue weighted by molar-refractivity contribution is 7.16. The summed E-state index contributed by atoms with van der Waals surface area (Å²) in [6.07, 6.45) is 5.55. The molecule has 4 rings (SSSR count). The number of likely N-dealkylation sites (N-methyl/N-ethyl adjacent to an activating group) is 1. The number of nitrogens with one attached hydrogen (secondary N) is 1. The summed E-state index contributed by atoms with van der Waals surface area (Å²) in [4.78, 5) is 33.9. The van der Waals surface area contributed by atoms with Crippen molar-refractivity contribution in [2.75, 3.05) is 25.0 Å². The normalized spacial score (nSPS) is 13.6. The SMILES string of the molecule is C=Cc1sc(-c2c(/C(=C/C)C(=C)C(=O)NC)c3cc4c(cc3oc2=O)N(CC)CCC4)nc1C. The van der Waals surface area contributed by atoms with Crippen molar-refractivity contribution in [3.8, 4) is 10.6 Å². The van der Waals surface area contributed by atoms with E-state index in [4.69, 9.17) is 4.42 Å². The van der Waals surface area contributed by atoms with Crippen molar-refractivity contribution in [2.24, 2.45) is 0 Å². The summed E-state index contributed by atoms with van der Waals surface area (Å²) in [6.45, 7) is 15.6. The molecule has 2 aromatic heterocycles. The molecule has 0 aliphatic carbocycles. The van der Waals surface area contributed by atoms with Gasteiger partial charge in [-0.25, -0.2) is 9.78 Å². The van der Waals surface area contributed by atoms with E-state index in [0.717, 1.165) is 47.6 Å². The van der Waals surface area contributed by atoms with Crippen molar-refractivity contribution in [1.82, 2.24) is 10.3 Å². The number of aryl methyl sites for hydroxylation is 2. The second-order valence-corrected chi connectivity index (χ2v) is 9.26. The van der Waals surface area contributed by atoms with Crippen LogP contribution in [0.3, 0.4) is 0 Å². The molecule has 6 nitrogen and oxygen atoms in total. The Balaban J connectivity index is 2.12. The number of rotatable bonds is 6. The topological polar surface area (TPSA) is 75.4 Å². The quantitative estimate of drug-likeness (QED) is 0.296. The molecule has 1 N–H and O–H groups in total. The average molecular weight is 476 g/mol. The molecule has 1 amide bonds. The van der Waals surface area contributed by atoms with Crippen LogP contribution in [0.1, 0.15) is 42.0 Å². The number of thiazole rings is 1. The van der Waals surface area contributed by atoms with Crippen LogP contribution < -0.4 is 15.8 Å². The third kappa shape index (κ3) is 3.90. The van der Waals surface area contributed by atoms with Gasteiger partial charge in [-0.05, 0) is 50.8 Å². The molecular weight excluding hydrogens is 446 g/mol. The average Bonchev–Trinajstić information content (AvgIpc) is 3.22. The fourth-order valence-corrected chi connectivity index (χ4v) is 5.56. The second kappa shape index (κ2) is 9.43. The van der Waals surface area contributed by atoms with Crippen molar-refractivity contribution in [3.63, 3.8) is 0 Å². The van der Waals surface area contributed by atoms with Gasteiger partial charge in [-0.15, -0.1) is 11.3 Å². The van der Waals surface area contributed by atoms with Crippen molar-refractivity contribution < 1.29 is 9.21 Å². The van der Waals surface area contributed by atoms with E-state index in [1.807, 2.05) is 26.0 Å². The van der Waals surface area contributed by atoms with Crippen molar-refractivity contribution in [1.29, 1.82) is 0 Å². The van der Waals surface area contributed by atoms with Gasteiger partial charge in [0.2, 0.25) is 0 Å². The van der Waals surface area contributed by atoms with Gasteiger partial charge in [0.15, 0.2) is 0 Å². The zero-order valence-corrected chi connectivity index (χ0v) is 20.9. The molecule has 0 bridgehead atoms. The van der Waals surface area contributed by atoms with Crippen molar-refractivity contribution in [3.05, 3.63) is 69.1 Å². The molecule has 0 atom stereocenters. The molecule has 176 valence electrons. The molecule has 0 saturated carbocycles. The van der Waals surface area contributed by atoms with Gasteiger partial charge in [0.25, 0.3) is 5.91 Å². The molecular formula is C27H29N3O3S. The maximum Gasteiger partial charge on any atom is 0.347 e. The summed E-state index contributed by atoms with van der Waals surface area (Å²) in [5.41, 5.74) is 4.92. The molecule has 1 aromatic carbocycles. The van der Waals surface area contributed by atoms with Gasteiger partial charge in [0.05, 0.1) is 5.69 Å². The summed E-state index contributed by atoms with van der Waals surface area (Å²) < 4.78 is 5.89. The third-order valence-electron chi connectivity index (χ3n) is 6.32. The monoisotopic (exact) mass is 475 g/mol. The van der Waals surface area contributed by atoms with Crippen LogP contribution in [0.25, 0.3) is 33.2 Å². The summed E-state index contributed by atoms with van der Waals surface area (Å²) in [5.74, 6) is -0.308. The number of hydrogen-bond acceptors (Lipinski definition) is 6. The van der Waals surface area contributed by atoms with Gasteiger partial charge >= 0.3 is 5.63 Å². The highest BCUT2D eigenvalue weighted by Gasteiger charge is 2.27. The fraction of sp³-hybridized carbons (Fsp3) is 0.296. The summed E-state index contributed by atoms with van der Waals surface area (Å²) in [5, 5.41) is 3.96. The molecule has 0 spiro atoms. The van der Waals surface area contributed by atoms with E-state index in [-0.39, 0.29) is 11.5 Å². The van der Waals surface area contributed by atoms with E-state index in [1.165, 1.54) is 16.9 Å². The molecule has 34 heavy (non-hydrogen) atoms. The van der Waals surface area contributed by atoms with Gasteiger partial charge in [0.1, 0.15) is 16.2 Å². The first-order valence-corrected chi connectivity index (χ1v) is 12.2. The maximum atomic E-state index is 13.5. The van der Waals surface area contributed by atoms with Crippen LogP contribution in [0.5, 0.6) is 0 Å². The number of allylic oxidation sites excluding steroid dienone is 1. The van der Waals surface area contributed by atoms with Crippen molar-refractivity contribution >= 4 is 45.5 Å². The number of anilines is 1. The van der Waals surface area contributed by atoms with Gasteiger partial charge in [-0.3, -0.25) is 4.79 Å². The summed E-state index contributed by atoms with van der Waals surface area (Å²) in [7, 11) is 1.56. The van der Waals surface area contributed by atoms with Crippen LogP contribution >= 0.6 is 11.3 Å². The predicted molar refractivity (Wildman–Crippen MR) is 141 cm³/mol. The van der Waals surface area contributed by atoms with E-state index >= 15 is 0 Å². The Morgan fingerprint density at radius 2 is 2.15 bits per heavy atom. The Hall–Kier alpha value is -3.45. The lowest BCUT2D eigenvalue weighted by Crippen LogP contribution is -2.29. The zero-order chi connectivity index (χ0) is 24.6. The first-order valence-electron chi connectivity index (χ1n) is 11.4.